The highest BCUT2D eigenvalue weighted by Crippen LogP contribution is 2.30. The average molecular weight is 245 g/mol. The van der Waals surface area contributed by atoms with Crippen molar-refractivity contribution >= 4 is 0 Å². The summed E-state index contributed by atoms with van der Waals surface area (Å²) in [5, 5.41) is 4.34. The summed E-state index contributed by atoms with van der Waals surface area (Å²) in [5.41, 5.74) is 9.97. The maximum Gasteiger partial charge on any atom is 0.222 e. The molecule has 4 heteroatoms. The van der Waals surface area contributed by atoms with Gasteiger partial charge in [-0.05, 0) is 38.0 Å². The van der Waals surface area contributed by atoms with Gasteiger partial charge in [0.1, 0.15) is 5.75 Å². The van der Waals surface area contributed by atoms with Crippen LogP contribution in [0.15, 0.2) is 18.2 Å². The molecule has 2 rings (SSSR count). The van der Waals surface area contributed by atoms with E-state index in [1.807, 2.05) is 26.1 Å². The van der Waals surface area contributed by atoms with Crippen LogP contribution in [-0.2, 0) is 13.6 Å². The highest BCUT2D eigenvalue weighted by atomic mass is 16.5. The first-order valence-corrected chi connectivity index (χ1v) is 6.01. The van der Waals surface area contributed by atoms with Gasteiger partial charge in [-0.15, -0.1) is 0 Å². The molecule has 0 aliphatic rings. The molecule has 1 heterocycles. The number of aryl methyl sites for hydroxylation is 3. The first-order valence-electron chi connectivity index (χ1n) is 6.01. The van der Waals surface area contributed by atoms with E-state index in [1.165, 1.54) is 5.56 Å². The Balaban J connectivity index is 2.43. The monoisotopic (exact) mass is 245 g/mol. The Morgan fingerprint density at radius 3 is 2.67 bits per heavy atom. The number of nitrogens with zero attached hydrogens (tertiary/aromatic N) is 2. The molecule has 0 aliphatic heterocycles. The van der Waals surface area contributed by atoms with Crippen LogP contribution in [0.3, 0.4) is 0 Å². The highest BCUT2D eigenvalue weighted by Gasteiger charge is 2.15. The van der Waals surface area contributed by atoms with Crippen molar-refractivity contribution in [1.82, 2.24) is 9.78 Å². The smallest absolute Gasteiger partial charge is 0.222 e. The van der Waals surface area contributed by atoms with Crippen LogP contribution in [0, 0.1) is 20.8 Å². The Kier molecular flexibility index (Phi) is 3.39. The molecule has 1 aromatic carbocycles. The Labute approximate surface area is 107 Å². The minimum atomic E-state index is 0.430. The van der Waals surface area contributed by atoms with Crippen LogP contribution in [0.1, 0.15) is 22.4 Å². The van der Waals surface area contributed by atoms with Crippen molar-refractivity contribution in [3.05, 3.63) is 40.6 Å². The van der Waals surface area contributed by atoms with Crippen molar-refractivity contribution in [1.29, 1.82) is 0 Å². The molecule has 0 aliphatic carbocycles. The minimum Gasteiger partial charge on any atom is -0.439 e. The number of ether oxygens (including phenoxy) is 1. The zero-order chi connectivity index (χ0) is 13.3. The van der Waals surface area contributed by atoms with Crippen molar-refractivity contribution in [3.8, 4) is 11.6 Å². The molecule has 0 amide bonds. The van der Waals surface area contributed by atoms with Crippen LogP contribution in [0.25, 0.3) is 0 Å². The van der Waals surface area contributed by atoms with Gasteiger partial charge in [-0.2, -0.15) is 5.10 Å². The lowest BCUT2D eigenvalue weighted by Crippen LogP contribution is -2.02. The van der Waals surface area contributed by atoms with E-state index in [4.69, 9.17) is 10.5 Å². The quantitative estimate of drug-likeness (QED) is 0.904. The standard InChI is InChI=1S/C14H19N3O/c1-9-6-5-7-13(10(9)2)18-14-12(8-15)11(3)16-17(14)4/h5-7H,8,15H2,1-4H3. The predicted molar refractivity (Wildman–Crippen MR) is 71.8 cm³/mol. The number of nitrogens with two attached hydrogens (primary N) is 1. The van der Waals surface area contributed by atoms with E-state index in [2.05, 4.69) is 25.0 Å². The van der Waals surface area contributed by atoms with Crippen molar-refractivity contribution < 1.29 is 4.74 Å². The van der Waals surface area contributed by atoms with E-state index in [0.717, 1.165) is 28.5 Å². The van der Waals surface area contributed by atoms with Gasteiger partial charge >= 0.3 is 0 Å². The van der Waals surface area contributed by atoms with Gasteiger partial charge in [0.15, 0.2) is 0 Å². The van der Waals surface area contributed by atoms with E-state index in [1.54, 1.807) is 4.68 Å². The molecule has 0 fully saturated rings. The molecule has 96 valence electrons. The SMILES string of the molecule is Cc1cccc(Oc2c(CN)c(C)nn2C)c1C. The number of benzene rings is 1. The van der Waals surface area contributed by atoms with Crippen molar-refractivity contribution in [3.63, 3.8) is 0 Å². The summed E-state index contributed by atoms with van der Waals surface area (Å²) in [7, 11) is 1.87. The molecule has 0 bridgehead atoms. The fourth-order valence-corrected chi connectivity index (χ4v) is 1.98. The largest absolute Gasteiger partial charge is 0.439 e. The molecule has 18 heavy (non-hydrogen) atoms. The van der Waals surface area contributed by atoms with Gasteiger partial charge in [-0.25, -0.2) is 4.68 Å². The van der Waals surface area contributed by atoms with Crippen LogP contribution in [-0.4, -0.2) is 9.78 Å². The van der Waals surface area contributed by atoms with Crippen molar-refractivity contribution in [2.45, 2.75) is 27.3 Å². The Morgan fingerprint density at radius 1 is 1.28 bits per heavy atom. The molecule has 2 N–H and O–H groups in total. The molecule has 0 spiro atoms. The molecule has 4 nitrogen and oxygen atoms in total. The molecule has 2 aromatic rings. The van der Waals surface area contributed by atoms with Crippen LogP contribution < -0.4 is 10.5 Å². The van der Waals surface area contributed by atoms with Crippen molar-refractivity contribution in [2.75, 3.05) is 0 Å². The van der Waals surface area contributed by atoms with Gasteiger partial charge in [0.05, 0.1) is 11.3 Å². The molecule has 0 unspecified atom stereocenters. The molecule has 0 atom stereocenters. The summed E-state index contributed by atoms with van der Waals surface area (Å²) in [5.74, 6) is 1.58. The topological polar surface area (TPSA) is 53.1 Å². The zero-order valence-corrected chi connectivity index (χ0v) is 11.3. The van der Waals surface area contributed by atoms with Gasteiger partial charge in [0.2, 0.25) is 5.88 Å². The lowest BCUT2D eigenvalue weighted by atomic mass is 10.1. The van der Waals surface area contributed by atoms with Gasteiger partial charge < -0.3 is 10.5 Å². The van der Waals surface area contributed by atoms with E-state index >= 15 is 0 Å². The number of hydrogen-bond donors (Lipinski definition) is 1. The molecule has 0 saturated carbocycles. The van der Waals surface area contributed by atoms with Crippen LogP contribution >= 0.6 is 0 Å². The number of hydrogen-bond acceptors (Lipinski definition) is 3. The third-order valence-electron chi connectivity index (χ3n) is 3.25. The van der Waals surface area contributed by atoms with Gasteiger partial charge in [-0.1, -0.05) is 12.1 Å². The fraction of sp³-hybridized carbons (Fsp3) is 0.357. The van der Waals surface area contributed by atoms with Crippen LogP contribution in [0.5, 0.6) is 11.6 Å². The average Bonchev–Trinajstić information content (AvgIpc) is 2.59. The Morgan fingerprint density at radius 2 is 2.00 bits per heavy atom. The van der Waals surface area contributed by atoms with Crippen LogP contribution in [0.4, 0.5) is 0 Å². The second-order valence-corrected chi connectivity index (χ2v) is 4.50. The zero-order valence-electron chi connectivity index (χ0n) is 11.3. The van der Waals surface area contributed by atoms with E-state index in [0.29, 0.717) is 6.54 Å². The fourth-order valence-electron chi connectivity index (χ4n) is 1.98. The van der Waals surface area contributed by atoms with Gasteiger partial charge in [-0.3, -0.25) is 0 Å². The molecule has 0 saturated heterocycles. The summed E-state index contributed by atoms with van der Waals surface area (Å²) in [6.45, 7) is 6.49. The maximum atomic E-state index is 5.98. The first-order chi connectivity index (χ1) is 8.54. The van der Waals surface area contributed by atoms with Crippen LogP contribution in [0.2, 0.25) is 0 Å². The lowest BCUT2D eigenvalue weighted by Gasteiger charge is -2.11. The third kappa shape index (κ3) is 2.11. The number of aromatic nitrogens is 2. The summed E-state index contributed by atoms with van der Waals surface area (Å²) < 4.78 is 7.72. The summed E-state index contributed by atoms with van der Waals surface area (Å²) in [6.07, 6.45) is 0. The summed E-state index contributed by atoms with van der Waals surface area (Å²) >= 11 is 0. The molecule has 1 aromatic heterocycles. The van der Waals surface area contributed by atoms with Gasteiger partial charge in [0, 0.05) is 13.6 Å². The third-order valence-corrected chi connectivity index (χ3v) is 3.25. The molecule has 0 radical (unpaired) electrons. The van der Waals surface area contributed by atoms with E-state index in [9.17, 15) is 0 Å². The van der Waals surface area contributed by atoms with E-state index in [-0.39, 0.29) is 0 Å². The van der Waals surface area contributed by atoms with Gasteiger partial charge in [0.25, 0.3) is 0 Å². The minimum absolute atomic E-state index is 0.430. The summed E-state index contributed by atoms with van der Waals surface area (Å²) in [4.78, 5) is 0. The Hall–Kier alpha value is -1.81. The molecular formula is C14H19N3O. The Bertz CT molecular complexity index is 573. The normalized spacial score (nSPS) is 10.7. The summed E-state index contributed by atoms with van der Waals surface area (Å²) in [6, 6.07) is 6.02. The second kappa shape index (κ2) is 4.82. The first kappa shape index (κ1) is 12.6. The second-order valence-electron chi connectivity index (χ2n) is 4.50. The predicted octanol–water partition coefficient (Wildman–Crippen LogP) is 2.60. The van der Waals surface area contributed by atoms with E-state index < -0.39 is 0 Å². The molecular weight excluding hydrogens is 226 g/mol. The van der Waals surface area contributed by atoms with Crippen molar-refractivity contribution in [2.24, 2.45) is 12.8 Å². The number of rotatable bonds is 3. The maximum absolute atomic E-state index is 5.98. The highest BCUT2D eigenvalue weighted by molar-refractivity contribution is 5.42. The lowest BCUT2D eigenvalue weighted by molar-refractivity contribution is 0.423.